The molecule has 2 aromatic heterocycles. The Morgan fingerprint density at radius 1 is 0.968 bits per heavy atom. The summed E-state index contributed by atoms with van der Waals surface area (Å²) in [5.41, 5.74) is 3.32. The molecule has 2 heterocycles. The zero-order chi connectivity index (χ0) is 21.2. The summed E-state index contributed by atoms with van der Waals surface area (Å²) in [7, 11) is 0. The molecule has 7 heteroatoms. The summed E-state index contributed by atoms with van der Waals surface area (Å²) in [5, 5.41) is 12.9. The number of nitrogens with one attached hydrogen (secondary N) is 1. The van der Waals surface area contributed by atoms with Crippen LogP contribution in [-0.2, 0) is 0 Å². The van der Waals surface area contributed by atoms with Gasteiger partial charge in [-0.25, -0.2) is 4.98 Å². The maximum atomic E-state index is 13.4. The van der Waals surface area contributed by atoms with Crippen LogP contribution in [0.25, 0.3) is 32.4 Å². The Morgan fingerprint density at radius 3 is 2.61 bits per heavy atom. The molecule has 6 nitrogen and oxygen atoms in total. The van der Waals surface area contributed by atoms with Gasteiger partial charge in [0.15, 0.2) is 5.13 Å². The zero-order valence-corrected chi connectivity index (χ0v) is 17.5. The third-order valence-corrected chi connectivity index (χ3v) is 5.77. The van der Waals surface area contributed by atoms with Crippen molar-refractivity contribution in [3.63, 3.8) is 0 Å². The second-order valence-electron chi connectivity index (χ2n) is 6.84. The maximum absolute atomic E-state index is 13.4. The van der Waals surface area contributed by atoms with E-state index in [1.54, 1.807) is 0 Å². The third-order valence-electron chi connectivity index (χ3n) is 4.83. The van der Waals surface area contributed by atoms with E-state index in [4.69, 9.17) is 4.74 Å². The number of fused-ring (bicyclic) bond motifs is 2. The van der Waals surface area contributed by atoms with Gasteiger partial charge in [0, 0.05) is 10.9 Å². The number of carbonyl (C=O) groups is 1. The van der Waals surface area contributed by atoms with Gasteiger partial charge in [-0.15, -0.1) is 10.2 Å². The topological polar surface area (TPSA) is 77.0 Å². The van der Waals surface area contributed by atoms with Crippen LogP contribution in [-0.4, -0.2) is 27.7 Å². The molecule has 31 heavy (non-hydrogen) atoms. The van der Waals surface area contributed by atoms with Gasteiger partial charge in [-0.3, -0.25) is 10.1 Å². The highest BCUT2D eigenvalue weighted by molar-refractivity contribution is 7.22. The Balaban J connectivity index is 1.57. The maximum Gasteiger partial charge on any atom is 0.260 e. The van der Waals surface area contributed by atoms with Gasteiger partial charge in [0.2, 0.25) is 0 Å². The van der Waals surface area contributed by atoms with Crippen molar-refractivity contribution in [1.82, 2.24) is 15.2 Å². The smallest absolute Gasteiger partial charge is 0.260 e. The first-order valence-corrected chi connectivity index (χ1v) is 10.7. The van der Waals surface area contributed by atoms with Crippen molar-refractivity contribution < 1.29 is 9.53 Å². The molecule has 152 valence electrons. The number of carbonyl (C=O) groups excluding carboxylic acids is 1. The molecule has 0 aliphatic heterocycles. The molecule has 0 fully saturated rings. The van der Waals surface area contributed by atoms with E-state index in [-0.39, 0.29) is 5.91 Å². The number of thiazole rings is 1. The summed E-state index contributed by atoms with van der Waals surface area (Å²) in [6.07, 6.45) is 0. The third kappa shape index (κ3) is 3.71. The SMILES string of the molecule is CCOc1ccc2nc(NC(=O)c3c(-c4ccccc4)nnc4ccccc34)sc2c1. The van der Waals surface area contributed by atoms with Crippen LogP contribution in [0.1, 0.15) is 17.3 Å². The van der Waals surface area contributed by atoms with Crippen LogP contribution >= 0.6 is 11.3 Å². The molecular formula is C24H18N4O2S. The average molecular weight is 427 g/mol. The van der Waals surface area contributed by atoms with Crippen LogP contribution in [0.2, 0.25) is 0 Å². The molecule has 0 aliphatic carbocycles. The van der Waals surface area contributed by atoms with Gasteiger partial charge in [-0.2, -0.15) is 0 Å². The molecule has 5 aromatic rings. The highest BCUT2D eigenvalue weighted by Crippen LogP contribution is 2.31. The number of aromatic nitrogens is 3. The molecule has 0 unspecified atom stereocenters. The Hall–Kier alpha value is -3.84. The van der Waals surface area contributed by atoms with Crippen molar-refractivity contribution in [2.45, 2.75) is 6.92 Å². The number of ether oxygens (including phenoxy) is 1. The van der Waals surface area contributed by atoms with E-state index in [0.717, 1.165) is 26.9 Å². The lowest BCUT2D eigenvalue weighted by atomic mass is 10.0. The Labute approximate surface area is 182 Å². The number of benzene rings is 3. The van der Waals surface area contributed by atoms with E-state index < -0.39 is 0 Å². The number of amides is 1. The molecule has 0 saturated heterocycles. The van der Waals surface area contributed by atoms with E-state index >= 15 is 0 Å². The van der Waals surface area contributed by atoms with Crippen molar-refractivity contribution in [2.24, 2.45) is 0 Å². The van der Waals surface area contributed by atoms with Gasteiger partial charge in [-0.1, -0.05) is 59.9 Å². The first kappa shape index (κ1) is 19.1. The van der Waals surface area contributed by atoms with Crippen LogP contribution in [0.4, 0.5) is 5.13 Å². The fraction of sp³-hybridized carbons (Fsp3) is 0.0833. The predicted molar refractivity (Wildman–Crippen MR) is 124 cm³/mol. The number of anilines is 1. The summed E-state index contributed by atoms with van der Waals surface area (Å²) >= 11 is 1.41. The minimum atomic E-state index is -0.269. The van der Waals surface area contributed by atoms with Crippen LogP contribution < -0.4 is 10.1 Å². The van der Waals surface area contributed by atoms with Gasteiger partial charge in [0.25, 0.3) is 5.91 Å². The Bertz CT molecular complexity index is 1400. The fourth-order valence-corrected chi connectivity index (χ4v) is 4.35. The first-order chi connectivity index (χ1) is 15.2. The van der Waals surface area contributed by atoms with Gasteiger partial charge in [0.1, 0.15) is 11.4 Å². The van der Waals surface area contributed by atoms with Gasteiger partial charge < -0.3 is 4.74 Å². The summed E-state index contributed by atoms with van der Waals surface area (Å²) in [5.74, 6) is 0.515. The molecule has 0 spiro atoms. The van der Waals surface area contributed by atoms with E-state index in [1.165, 1.54) is 11.3 Å². The van der Waals surface area contributed by atoms with Gasteiger partial charge in [0.05, 0.1) is 27.9 Å². The normalized spacial score (nSPS) is 11.0. The Kier molecular flexibility index (Phi) is 5.01. The largest absolute Gasteiger partial charge is 0.494 e. The van der Waals surface area contributed by atoms with E-state index in [9.17, 15) is 4.79 Å². The van der Waals surface area contributed by atoms with Crippen LogP contribution in [0.3, 0.4) is 0 Å². The fourth-order valence-electron chi connectivity index (χ4n) is 3.46. The van der Waals surface area contributed by atoms with Crippen molar-refractivity contribution in [3.8, 4) is 17.0 Å². The summed E-state index contributed by atoms with van der Waals surface area (Å²) in [6.45, 7) is 2.54. The molecule has 0 saturated carbocycles. The highest BCUT2D eigenvalue weighted by Gasteiger charge is 2.20. The second kappa shape index (κ2) is 8.12. The average Bonchev–Trinajstić information content (AvgIpc) is 3.20. The predicted octanol–water partition coefficient (Wildman–Crippen LogP) is 5.56. The summed E-state index contributed by atoms with van der Waals surface area (Å²) in [4.78, 5) is 18.0. The van der Waals surface area contributed by atoms with Crippen LogP contribution in [0, 0.1) is 0 Å². The molecule has 0 bridgehead atoms. The molecule has 3 aromatic carbocycles. The van der Waals surface area contributed by atoms with E-state index in [2.05, 4.69) is 20.5 Å². The van der Waals surface area contributed by atoms with Crippen molar-refractivity contribution in [2.75, 3.05) is 11.9 Å². The van der Waals surface area contributed by atoms with Crippen molar-refractivity contribution in [3.05, 3.63) is 78.4 Å². The second-order valence-corrected chi connectivity index (χ2v) is 7.87. The Morgan fingerprint density at radius 2 is 1.77 bits per heavy atom. The summed E-state index contributed by atoms with van der Waals surface area (Å²) in [6, 6.07) is 22.8. The quantitative estimate of drug-likeness (QED) is 0.398. The summed E-state index contributed by atoms with van der Waals surface area (Å²) < 4.78 is 6.51. The minimum Gasteiger partial charge on any atom is -0.494 e. The first-order valence-electron chi connectivity index (χ1n) is 9.88. The lowest BCUT2D eigenvalue weighted by Gasteiger charge is -2.11. The van der Waals surface area contributed by atoms with Crippen LogP contribution in [0.5, 0.6) is 5.75 Å². The van der Waals surface area contributed by atoms with E-state index in [1.807, 2.05) is 79.7 Å². The lowest BCUT2D eigenvalue weighted by molar-refractivity contribution is 0.102. The lowest BCUT2D eigenvalue weighted by Crippen LogP contribution is -2.15. The standard InChI is InChI=1S/C24H18N4O2S/c1-2-30-16-12-13-19-20(14-16)31-24(25-19)26-23(29)21-17-10-6-7-11-18(17)27-28-22(21)15-8-4-3-5-9-15/h3-14H,2H2,1H3,(H,25,26,29). The molecule has 0 aliphatic rings. The molecular weight excluding hydrogens is 408 g/mol. The molecule has 0 atom stereocenters. The monoisotopic (exact) mass is 426 g/mol. The molecule has 5 rings (SSSR count). The molecule has 1 N–H and O–H groups in total. The number of rotatable bonds is 5. The van der Waals surface area contributed by atoms with Crippen molar-refractivity contribution >= 4 is 43.5 Å². The van der Waals surface area contributed by atoms with Gasteiger partial charge >= 0.3 is 0 Å². The molecule has 0 radical (unpaired) electrons. The number of nitrogens with zero attached hydrogens (tertiary/aromatic N) is 3. The highest BCUT2D eigenvalue weighted by atomic mass is 32.1. The van der Waals surface area contributed by atoms with Crippen LogP contribution in [0.15, 0.2) is 72.8 Å². The number of hydrogen-bond acceptors (Lipinski definition) is 6. The van der Waals surface area contributed by atoms with Crippen molar-refractivity contribution in [1.29, 1.82) is 0 Å². The van der Waals surface area contributed by atoms with Gasteiger partial charge in [-0.05, 0) is 31.2 Å². The molecule has 1 amide bonds. The van der Waals surface area contributed by atoms with E-state index in [0.29, 0.717) is 28.5 Å². The minimum absolute atomic E-state index is 0.269. The number of hydrogen-bond donors (Lipinski definition) is 1. The zero-order valence-electron chi connectivity index (χ0n) is 16.7.